The van der Waals surface area contributed by atoms with Gasteiger partial charge < -0.3 is 56.8 Å². The summed E-state index contributed by atoms with van der Waals surface area (Å²) in [5.74, 6) is -8.03. The highest BCUT2D eigenvalue weighted by Gasteiger charge is 2.56. The fourth-order valence-corrected chi connectivity index (χ4v) is 7.84. The van der Waals surface area contributed by atoms with Crippen LogP contribution in [0.5, 0.6) is 0 Å². The Morgan fingerprint density at radius 1 is 0.390 bits per heavy atom. The van der Waals surface area contributed by atoms with Crippen molar-refractivity contribution in [3.63, 3.8) is 0 Å². The highest BCUT2D eigenvalue weighted by Crippen LogP contribution is 2.34. The summed E-state index contributed by atoms with van der Waals surface area (Å²) in [5, 5.41) is 20.4. The molecule has 0 saturated carbocycles. The van der Waals surface area contributed by atoms with Crippen molar-refractivity contribution in [3.05, 3.63) is 62.7 Å². The summed E-state index contributed by atoms with van der Waals surface area (Å²) in [7, 11) is 0. The average Bonchev–Trinajstić information content (AvgIpc) is 2.50. The van der Waals surface area contributed by atoms with Crippen molar-refractivity contribution in [3.8, 4) is 0 Å². The average molecular weight is 1160 g/mol. The summed E-state index contributed by atoms with van der Waals surface area (Å²) in [4.78, 5) is 125. The molecule has 82 heavy (non-hydrogen) atoms. The fraction of sp³-hybridized carbons (Fsp3) is 0.818. The summed E-state index contributed by atoms with van der Waals surface area (Å²) in [6.07, 6.45) is -24.4. The van der Waals surface area contributed by atoms with E-state index >= 15 is 0 Å². The van der Waals surface area contributed by atoms with Gasteiger partial charge in [-0.15, -0.1) is 0 Å². The first-order chi connectivity index (χ1) is 39.6. The van der Waals surface area contributed by atoms with Gasteiger partial charge in [0, 0.05) is 107 Å². The van der Waals surface area contributed by atoms with Gasteiger partial charge in [-0.25, -0.2) is 0 Å². The van der Waals surface area contributed by atoms with E-state index in [0.29, 0.717) is 0 Å². The molecule has 38 nitrogen and oxygen atoms in total. The van der Waals surface area contributed by atoms with Crippen LogP contribution in [0.2, 0.25) is 0 Å². The number of esters is 8. The number of carbonyl (C=O) groups is 8. The van der Waals surface area contributed by atoms with Crippen molar-refractivity contribution < 1.29 is 95.2 Å². The summed E-state index contributed by atoms with van der Waals surface area (Å²) in [6, 6.07) is 0. The zero-order valence-electron chi connectivity index (χ0n) is 44.7. The second-order valence-corrected chi connectivity index (χ2v) is 17.8. The molecule has 0 aromatic heterocycles. The zero-order chi connectivity index (χ0) is 60.1. The Kier molecular flexibility index (Phi) is 32.2. The van der Waals surface area contributed by atoms with Crippen molar-refractivity contribution in [2.45, 2.75) is 177 Å². The second kappa shape index (κ2) is 39.0. The molecular weight excluding hydrogens is 1100 g/mol. The Morgan fingerprint density at radius 3 is 0.866 bits per heavy atom. The zero-order valence-corrected chi connectivity index (χ0v) is 44.7. The Bertz CT molecular complexity index is 2310. The van der Waals surface area contributed by atoms with Crippen molar-refractivity contribution in [2.75, 3.05) is 52.5 Å². The van der Waals surface area contributed by atoms with Crippen LogP contribution in [0.15, 0.2) is 30.7 Å². The Balaban J connectivity index is 2.20. The van der Waals surface area contributed by atoms with Crippen LogP contribution in [-0.4, -0.2) is 174 Å². The molecule has 12 atom stereocenters. The Hall–Kier alpha value is -8.54. The third-order valence-corrected chi connectivity index (χ3v) is 11.5. The molecule has 3 heterocycles. The molecule has 0 spiro atoms. The Labute approximate surface area is 465 Å². The van der Waals surface area contributed by atoms with Crippen LogP contribution in [0.25, 0.3) is 62.7 Å². The standard InChI is InChI=1S/C44H62N18O20/c1-25-21-35(69)71-23-28-38(78-30(64)10-4-16-52-58-46)40(80-32(66)12-6-18-54-60-48)42(82-34(68)14-8-20-56-62-50)44(76-28)74-26(2)22-36(70)72-24-27-37(77-29(63)9-3-15-51-57-45)39(79-31(65)11-5-17-53-59-47)41(43(73-25)75-27)81-33(67)13-7-19-55-61-49/h25-28,37-44H,3-24H2,1-2H3/t25-,26-,27+,28+,37+,38+,39-,40-,41+,42+,43+,44+/m0/s1. The minimum absolute atomic E-state index is 0.0300. The first-order valence-corrected chi connectivity index (χ1v) is 25.7. The van der Waals surface area contributed by atoms with E-state index in [0.717, 1.165) is 0 Å². The van der Waals surface area contributed by atoms with E-state index in [-0.39, 0.29) is 90.6 Å². The molecule has 0 aromatic carbocycles. The van der Waals surface area contributed by atoms with E-state index in [4.69, 9.17) is 90.0 Å². The van der Waals surface area contributed by atoms with Crippen LogP contribution in [0.3, 0.4) is 0 Å². The lowest BCUT2D eigenvalue weighted by Crippen LogP contribution is -2.64. The van der Waals surface area contributed by atoms with Crippen LogP contribution in [0.1, 0.15) is 104 Å². The number of fused-ring (bicyclic) bond motifs is 4. The molecule has 0 radical (unpaired) electrons. The molecule has 4 bridgehead atoms. The van der Waals surface area contributed by atoms with Crippen LogP contribution in [-0.2, 0) is 95.2 Å². The van der Waals surface area contributed by atoms with E-state index in [1.807, 2.05) is 0 Å². The molecule has 448 valence electrons. The summed E-state index contributed by atoms with van der Waals surface area (Å²) in [6.45, 7) is 0.173. The minimum Gasteiger partial charge on any atom is -0.463 e. The molecule has 38 heteroatoms. The fourth-order valence-electron chi connectivity index (χ4n) is 7.84. The molecular formula is C44H62N18O20. The largest absolute Gasteiger partial charge is 0.463 e. The number of cyclic esters (lactones) is 2. The molecule has 3 aliphatic heterocycles. The molecule has 3 rings (SSSR count). The lowest BCUT2D eigenvalue weighted by atomic mass is 9.97. The van der Waals surface area contributed by atoms with Gasteiger partial charge in [-0.05, 0) is 85.6 Å². The van der Waals surface area contributed by atoms with Crippen molar-refractivity contribution in [2.24, 2.45) is 30.7 Å². The first-order valence-electron chi connectivity index (χ1n) is 25.7. The topological polar surface area (TPSA) is 540 Å². The maximum Gasteiger partial charge on any atom is 0.308 e. The third kappa shape index (κ3) is 25.7. The number of ether oxygens (including phenoxy) is 12. The van der Waals surface area contributed by atoms with Gasteiger partial charge in [0.2, 0.25) is 0 Å². The van der Waals surface area contributed by atoms with E-state index in [2.05, 4.69) is 60.2 Å². The lowest BCUT2D eigenvalue weighted by molar-refractivity contribution is -0.320. The van der Waals surface area contributed by atoms with Gasteiger partial charge >= 0.3 is 47.8 Å². The predicted octanol–water partition coefficient (Wildman–Crippen LogP) is 6.14. The SMILES string of the molecule is C[C@H]1CC(=O)OC[C@H]2O[C@@H](O[C@@H](C)CC(=O)OC[C@H]3O[C@@H](O1)[C@H](OC(=O)CCCN=[N+]=[N-])[C@@H](OC(=O)CCCN=[N+]=[N-])[C@@H]3OC(=O)CCCN=[N+]=[N-])[C@H](OC(=O)CCCN=[N+]=[N-])[C@@H](OC(=O)CCCN=[N+]=[N-])[C@@H]2OC(=O)CCCN=[N+]=[N-]. The van der Waals surface area contributed by atoms with Crippen molar-refractivity contribution in [1.82, 2.24) is 0 Å². The monoisotopic (exact) mass is 1160 g/mol. The third-order valence-electron chi connectivity index (χ3n) is 11.5. The van der Waals surface area contributed by atoms with Crippen molar-refractivity contribution in [1.29, 1.82) is 0 Å². The van der Waals surface area contributed by atoms with Gasteiger partial charge in [-0.3, -0.25) is 38.4 Å². The molecule has 0 N–H and O–H groups in total. The van der Waals surface area contributed by atoms with E-state index in [9.17, 15) is 38.4 Å². The molecule has 0 amide bonds. The summed E-state index contributed by atoms with van der Waals surface area (Å²) >= 11 is 0. The Morgan fingerprint density at radius 2 is 0.622 bits per heavy atom. The smallest absolute Gasteiger partial charge is 0.308 e. The van der Waals surface area contributed by atoms with Gasteiger partial charge in [0.15, 0.2) is 49.2 Å². The number of azide groups is 6. The minimum atomic E-state index is -1.85. The van der Waals surface area contributed by atoms with Crippen LogP contribution in [0.4, 0.5) is 0 Å². The number of rotatable bonds is 30. The molecule has 3 aliphatic rings. The van der Waals surface area contributed by atoms with Gasteiger partial charge in [0.05, 0.1) is 25.0 Å². The molecule has 3 fully saturated rings. The molecule has 0 unspecified atom stereocenters. The van der Waals surface area contributed by atoms with Crippen LogP contribution in [0, 0.1) is 0 Å². The molecule has 0 aromatic rings. The lowest BCUT2D eigenvalue weighted by Gasteiger charge is -2.45. The van der Waals surface area contributed by atoms with E-state index < -0.39 is 173 Å². The number of nitrogens with zero attached hydrogens (tertiary/aromatic N) is 18. The van der Waals surface area contributed by atoms with Crippen molar-refractivity contribution >= 4 is 47.8 Å². The summed E-state index contributed by atoms with van der Waals surface area (Å²) < 4.78 is 71.1. The highest BCUT2D eigenvalue weighted by molar-refractivity contribution is 5.73. The first kappa shape index (κ1) is 67.7. The highest BCUT2D eigenvalue weighted by atomic mass is 16.8. The summed E-state index contributed by atoms with van der Waals surface area (Å²) in [5.41, 5.74) is 52.6. The van der Waals surface area contributed by atoms with Gasteiger partial charge in [0.25, 0.3) is 0 Å². The predicted molar refractivity (Wildman–Crippen MR) is 268 cm³/mol. The van der Waals surface area contributed by atoms with Crippen LogP contribution < -0.4 is 0 Å². The number of hydrogen-bond acceptors (Lipinski definition) is 26. The number of hydrogen-bond donors (Lipinski definition) is 0. The van der Waals surface area contributed by atoms with Gasteiger partial charge in [-0.2, -0.15) is 0 Å². The normalized spacial score (nSPS) is 25.2. The quantitative estimate of drug-likeness (QED) is 0.0194. The maximum atomic E-state index is 13.9. The molecule has 0 aliphatic carbocycles. The second-order valence-electron chi connectivity index (χ2n) is 17.8. The maximum absolute atomic E-state index is 13.9. The van der Waals surface area contributed by atoms with E-state index in [1.165, 1.54) is 13.8 Å². The molecule has 3 saturated heterocycles. The number of carbonyl (C=O) groups excluding carboxylic acids is 8. The van der Waals surface area contributed by atoms with Gasteiger partial charge in [-0.1, -0.05) is 30.7 Å². The van der Waals surface area contributed by atoms with Crippen LogP contribution >= 0.6 is 0 Å². The van der Waals surface area contributed by atoms with E-state index in [1.54, 1.807) is 0 Å². The van der Waals surface area contributed by atoms with Gasteiger partial charge in [0.1, 0.15) is 25.4 Å².